The molecule has 0 unspecified atom stereocenters. The van der Waals surface area contributed by atoms with Gasteiger partial charge in [-0.3, -0.25) is 14.4 Å². The molecule has 312 valence electrons. The maximum atomic E-state index is 13.3. The highest BCUT2D eigenvalue weighted by Crippen LogP contribution is 2.32. The smallest absolute Gasteiger partial charge is 0.378 e. The Morgan fingerprint density at radius 2 is 1.63 bits per heavy atom. The van der Waals surface area contributed by atoms with Crippen molar-refractivity contribution in [3.8, 4) is 0 Å². The van der Waals surface area contributed by atoms with Crippen LogP contribution in [0.25, 0.3) is 0 Å². The number of anilines is 2. The molecule has 0 spiro atoms. The van der Waals surface area contributed by atoms with Gasteiger partial charge in [-0.25, -0.2) is 5.43 Å². The summed E-state index contributed by atoms with van der Waals surface area (Å²) in [6, 6.07) is 16.5. The summed E-state index contributed by atoms with van der Waals surface area (Å²) in [5, 5.41) is 9.28. The molecule has 0 radical (unpaired) electrons. The molecular weight excluding hydrogens is 762 g/mol. The number of rotatable bonds is 22. The highest BCUT2D eigenvalue weighted by atomic mass is 32.2. The number of aryl methyl sites for hydroxylation is 1. The molecule has 12 nitrogen and oxygen atoms in total. The molecule has 16 heteroatoms. The number of halogens is 3. The standard InChI is InChI=1S/C32H35F3N4O2S.C9H20N2O4/c1-3-16-42-21-24-8-7-9-25(17-24)30(40)37-29-13-12-26(39-14-5-4-6-15-39)19-27(29)31(41)38-36-20-23-11-10-22(2)28(18-23)32(33,34)35;10-1-3-13-5-7-15-8-6-14-4-2-11-9-12/h7-13,17-20H,3-6,14-16,21H2,1-2H3,(H,37,40)(H,38,41);9H,1-8,10H2,(H,11,12)/b36-20+;. The molecule has 0 aromatic heterocycles. The molecule has 0 atom stereocenters. The number of hydrogen-bond donors (Lipinski definition) is 4. The Kier molecular flexibility index (Phi) is 21.8. The summed E-state index contributed by atoms with van der Waals surface area (Å²) in [5.74, 6) is 0.901. The van der Waals surface area contributed by atoms with E-state index in [1.54, 1.807) is 30.0 Å². The summed E-state index contributed by atoms with van der Waals surface area (Å²) in [5.41, 5.74) is 10.1. The van der Waals surface area contributed by atoms with Crippen molar-refractivity contribution in [1.29, 1.82) is 0 Å². The lowest BCUT2D eigenvalue weighted by atomic mass is 10.1. The molecule has 3 aromatic rings. The van der Waals surface area contributed by atoms with Gasteiger partial charge < -0.3 is 35.5 Å². The van der Waals surface area contributed by atoms with Crippen LogP contribution in [-0.2, 0) is 30.9 Å². The van der Waals surface area contributed by atoms with Crippen LogP contribution in [0.15, 0.2) is 65.8 Å². The number of carbonyl (C=O) groups excluding carboxylic acids is 3. The van der Waals surface area contributed by atoms with Gasteiger partial charge in [0.05, 0.1) is 62.7 Å². The third kappa shape index (κ3) is 17.7. The number of benzene rings is 3. The van der Waals surface area contributed by atoms with Crippen LogP contribution in [0.3, 0.4) is 0 Å². The first-order chi connectivity index (χ1) is 27.6. The number of piperidine rings is 1. The first-order valence-electron chi connectivity index (χ1n) is 19.1. The largest absolute Gasteiger partial charge is 0.416 e. The summed E-state index contributed by atoms with van der Waals surface area (Å²) in [6.07, 6.45) is 1.65. The van der Waals surface area contributed by atoms with Crippen LogP contribution in [0, 0.1) is 6.92 Å². The van der Waals surface area contributed by atoms with Crippen LogP contribution < -0.4 is 26.7 Å². The van der Waals surface area contributed by atoms with Crippen LogP contribution in [0.2, 0.25) is 0 Å². The van der Waals surface area contributed by atoms with Gasteiger partial charge in [-0.1, -0.05) is 31.2 Å². The molecule has 0 aliphatic carbocycles. The van der Waals surface area contributed by atoms with Gasteiger partial charge in [-0.05, 0) is 91.4 Å². The molecule has 5 N–H and O–H groups in total. The van der Waals surface area contributed by atoms with Gasteiger partial charge >= 0.3 is 6.18 Å². The quantitative estimate of drug-likeness (QED) is 0.0390. The first-order valence-corrected chi connectivity index (χ1v) is 20.2. The number of thioether (sulfide) groups is 1. The normalized spacial score (nSPS) is 12.8. The molecule has 1 aliphatic rings. The van der Waals surface area contributed by atoms with Gasteiger partial charge in [0.25, 0.3) is 11.8 Å². The molecule has 3 aromatic carbocycles. The lowest BCUT2D eigenvalue weighted by molar-refractivity contribution is -0.138. The highest BCUT2D eigenvalue weighted by Gasteiger charge is 2.32. The van der Waals surface area contributed by atoms with E-state index in [9.17, 15) is 27.6 Å². The third-order valence-corrected chi connectivity index (χ3v) is 9.68. The number of carbonyl (C=O) groups is 3. The average Bonchev–Trinajstić information content (AvgIpc) is 3.21. The van der Waals surface area contributed by atoms with E-state index in [1.807, 2.05) is 24.3 Å². The third-order valence-electron chi connectivity index (χ3n) is 8.45. The second-order valence-electron chi connectivity index (χ2n) is 13.0. The van der Waals surface area contributed by atoms with Gasteiger partial charge in [0.1, 0.15) is 0 Å². The van der Waals surface area contributed by atoms with Gasteiger partial charge in [0.2, 0.25) is 6.41 Å². The van der Waals surface area contributed by atoms with Crippen LogP contribution in [0.1, 0.15) is 75.6 Å². The van der Waals surface area contributed by atoms with E-state index in [2.05, 4.69) is 33.0 Å². The minimum absolute atomic E-state index is 0.101. The van der Waals surface area contributed by atoms with Gasteiger partial charge in [0, 0.05) is 43.2 Å². The second kappa shape index (κ2) is 26.4. The number of hydrazone groups is 1. The molecule has 0 saturated carbocycles. The SMILES string of the molecule is CCCSCc1cccc(C(=O)Nc2ccc(N3CCCCC3)cc2C(=O)N/N=C/c2ccc(C)c(C(F)(F)F)c2)c1.NCCOCCOCCOCCNC=O. The van der Waals surface area contributed by atoms with E-state index >= 15 is 0 Å². The molecule has 0 bridgehead atoms. The molecule has 3 amide bonds. The summed E-state index contributed by atoms with van der Waals surface area (Å²) < 4.78 is 55.4. The number of nitrogens with zero attached hydrogens (tertiary/aromatic N) is 2. The molecular formula is C41H55F3N6O6S. The minimum atomic E-state index is -4.49. The summed E-state index contributed by atoms with van der Waals surface area (Å²) in [6.45, 7) is 9.55. The molecule has 1 fully saturated rings. The van der Waals surface area contributed by atoms with Gasteiger partial charge in [-0.2, -0.15) is 30.0 Å². The fourth-order valence-corrected chi connectivity index (χ4v) is 6.42. The van der Waals surface area contributed by atoms with E-state index < -0.39 is 17.6 Å². The lowest BCUT2D eigenvalue weighted by Crippen LogP contribution is -2.30. The molecule has 4 rings (SSSR count). The number of nitrogens with one attached hydrogen (secondary N) is 3. The Balaban J connectivity index is 0.000000492. The Hall–Kier alpha value is -4.48. The maximum Gasteiger partial charge on any atom is 0.416 e. The molecule has 57 heavy (non-hydrogen) atoms. The van der Waals surface area contributed by atoms with Crippen LogP contribution in [-0.4, -0.2) is 96.0 Å². The highest BCUT2D eigenvalue weighted by molar-refractivity contribution is 7.98. The predicted octanol–water partition coefficient (Wildman–Crippen LogP) is 6.40. The Bertz CT molecular complexity index is 1710. The zero-order valence-corrected chi connectivity index (χ0v) is 33.5. The van der Waals surface area contributed by atoms with Crippen molar-refractivity contribution in [2.24, 2.45) is 10.8 Å². The van der Waals surface area contributed by atoms with Crippen LogP contribution >= 0.6 is 11.8 Å². The fraction of sp³-hybridized carbons (Fsp3) is 0.463. The van der Waals surface area contributed by atoms with Gasteiger partial charge in [0.15, 0.2) is 0 Å². The average molecular weight is 817 g/mol. The van der Waals surface area contributed by atoms with E-state index in [0.29, 0.717) is 70.4 Å². The van der Waals surface area contributed by atoms with Crippen molar-refractivity contribution >= 4 is 47.6 Å². The lowest BCUT2D eigenvalue weighted by Gasteiger charge is -2.29. The van der Waals surface area contributed by atoms with E-state index in [0.717, 1.165) is 67.6 Å². The Morgan fingerprint density at radius 1 is 0.912 bits per heavy atom. The second-order valence-corrected chi connectivity index (χ2v) is 14.1. The summed E-state index contributed by atoms with van der Waals surface area (Å²) in [7, 11) is 0. The number of ether oxygens (including phenoxy) is 3. The van der Waals surface area contributed by atoms with Crippen molar-refractivity contribution in [3.05, 3.63) is 94.0 Å². The number of amides is 3. The monoisotopic (exact) mass is 816 g/mol. The molecule has 1 heterocycles. The van der Waals surface area contributed by atoms with Crippen molar-refractivity contribution < 1.29 is 41.8 Å². The first kappa shape index (κ1) is 46.9. The molecule has 1 saturated heterocycles. The maximum absolute atomic E-state index is 13.3. The number of nitrogens with two attached hydrogens (primary N) is 1. The Morgan fingerprint density at radius 3 is 2.32 bits per heavy atom. The zero-order valence-electron chi connectivity index (χ0n) is 32.7. The number of hydrogen-bond acceptors (Lipinski definition) is 10. The minimum Gasteiger partial charge on any atom is -0.378 e. The van der Waals surface area contributed by atoms with Crippen LogP contribution in [0.4, 0.5) is 24.5 Å². The molecule has 1 aliphatic heterocycles. The van der Waals surface area contributed by atoms with Crippen LogP contribution in [0.5, 0.6) is 0 Å². The summed E-state index contributed by atoms with van der Waals surface area (Å²) >= 11 is 1.80. The predicted molar refractivity (Wildman–Crippen MR) is 220 cm³/mol. The zero-order chi connectivity index (χ0) is 41.3. The van der Waals surface area contributed by atoms with Crippen molar-refractivity contribution in [2.75, 3.05) is 81.8 Å². The van der Waals surface area contributed by atoms with Crippen molar-refractivity contribution in [3.63, 3.8) is 0 Å². The van der Waals surface area contributed by atoms with Crippen molar-refractivity contribution in [1.82, 2.24) is 10.7 Å². The van der Waals surface area contributed by atoms with E-state index in [-0.39, 0.29) is 22.6 Å². The van der Waals surface area contributed by atoms with E-state index in [1.165, 1.54) is 25.3 Å². The van der Waals surface area contributed by atoms with Crippen molar-refractivity contribution in [2.45, 2.75) is 51.5 Å². The summed E-state index contributed by atoms with van der Waals surface area (Å²) in [4.78, 5) is 38.6. The topological polar surface area (TPSA) is 157 Å². The van der Waals surface area contributed by atoms with E-state index in [4.69, 9.17) is 19.9 Å². The Labute approximate surface area is 337 Å². The number of alkyl halides is 3. The fourth-order valence-electron chi connectivity index (χ4n) is 5.58. The van der Waals surface area contributed by atoms with Gasteiger partial charge in [-0.15, -0.1) is 0 Å².